The highest BCUT2D eigenvalue weighted by molar-refractivity contribution is 5.84. The molecule has 2 aromatic rings. The molecule has 1 saturated carbocycles. The molecule has 1 N–H and O–H groups in total. The maximum absolute atomic E-state index is 9.54. The Hall–Kier alpha value is -1.61. The summed E-state index contributed by atoms with van der Waals surface area (Å²) in [5.74, 6) is 0.829. The van der Waals surface area contributed by atoms with Crippen LogP contribution in [-0.4, -0.2) is 22.3 Å². The van der Waals surface area contributed by atoms with Crippen LogP contribution in [0.4, 0.5) is 0 Å². The van der Waals surface area contributed by atoms with Crippen LogP contribution in [0, 0.1) is 6.92 Å². The van der Waals surface area contributed by atoms with Gasteiger partial charge < -0.3 is 9.84 Å². The highest BCUT2D eigenvalue weighted by Crippen LogP contribution is 2.29. The highest BCUT2D eigenvalue weighted by Gasteiger charge is 2.24. The van der Waals surface area contributed by atoms with E-state index in [4.69, 9.17) is 4.74 Å². The minimum absolute atomic E-state index is 0.118. The van der Waals surface area contributed by atoms with Gasteiger partial charge in [0.25, 0.3) is 0 Å². The van der Waals surface area contributed by atoms with Crippen molar-refractivity contribution in [1.29, 1.82) is 0 Å². The van der Waals surface area contributed by atoms with Crippen molar-refractivity contribution in [1.82, 2.24) is 4.98 Å². The molecule has 1 aliphatic rings. The lowest BCUT2D eigenvalue weighted by molar-refractivity contribution is 0.150. The molecular formula is C15H17NO2. The number of benzene rings is 1. The van der Waals surface area contributed by atoms with Gasteiger partial charge in [0.2, 0.25) is 0 Å². The number of aromatic nitrogens is 1. The number of aryl methyl sites for hydroxylation is 1. The Labute approximate surface area is 106 Å². The van der Waals surface area contributed by atoms with Crippen molar-refractivity contribution >= 4 is 10.9 Å². The number of nitrogens with zero attached hydrogens (tertiary/aromatic N) is 1. The van der Waals surface area contributed by atoms with E-state index < -0.39 is 0 Å². The van der Waals surface area contributed by atoms with Crippen LogP contribution in [0.3, 0.4) is 0 Å². The SMILES string of the molecule is Cc1ccc2cccc(OC3CCC(O)C3)c2n1. The van der Waals surface area contributed by atoms with Gasteiger partial charge in [-0.1, -0.05) is 18.2 Å². The van der Waals surface area contributed by atoms with Gasteiger partial charge in [-0.05, 0) is 31.9 Å². The van der Waals surface area contributed by atoms with E-state index in [1.165, 1.54) is 0 Å². The first-order valence-electron chi connectivity index (χ1n) is 6.43. The number of aliphatic hydroxyl groups excluding tert-OH is 1. The third-order valence-electron chi connectivity index (χ3n) is 3.47. The fourth-order valence-corrected chi connectivity index (χ4v) is 2.52. The van der Waals surface area contributed by atoms with Crippen molar-refractivity contribution in [3.8, 4) is 5.75 Å². The molecule has 94 valence electrons. The molecule has 1 aromatic heterocycles. The summed E-state index contributed by atoms with van der Waals surface area (Å²) in [6.45, 7) is 1.98. The molecular weight excluding hydrogens is 226 g/mol. The van der Waals surface area contributed by atoms with Crippen LogP contribution in [0.2, 0.25) is 0 Å². The number of ether oxygens (including phenoxy) is 1. The average Bonchev–Trinajstić information content (AvgIpc) is 2.76. The van der Waals surface area contributed by atoms with E-state index in [1.807, 2.05) is 31.2 Å². The molecule has 0 bridgehead atoms. The van der Waals surface area contributed by atoms with Crippen molar-refractivity contribution < 1.29 is 9.84 Å². The van der Waals surface area contributed by atoms with Crippen molar-refractivity contribution in [3.63, 3.8) is 0 Å². The largest absolute Gasteiger partial charge is 0.488 e. The van der Waals surface area contributed by atoms with E-state index >= 15 is 0 Å². The van der Waals surface area contributed by atoms with Crippen molar-refractivity contribution in [2.45, 2.75) is 38.4 Å². The summed E-state index contributed by atoms with van der Waals surface area (Å²) >= 11 is 0. The van der Waals surface area contributed by atoms with Gasteiger partial charge in [0.1, 0.15) is 17.4 Å². The molecule has 0 aliphatic heterocycles. The second-order valence-corrected chi connectivity index (χ2v) is 4.99. The van der Waals surface area contributed by atoms with Crippen LogP contribution in [0.15, 0.2) is 30.3 Å². The van der Waals surface area contributed by atoms with E-state index in [9.17, 15) is 5.11 Å². The van der Waals surface area contributed by atoms with Gasteiger partial charge in [0.05, 0.1) is 6.10 Å². The van der Waals surface area contributed by atoms with Gasteiger partial charge in [-0.15, -0.1) is 0 Å². The quantitative estimate of drug-likeness (QED) is 0.882. The average molecular weight is 243 g/mol. The summed E-state index contributed by atoms with van der Waals surface area (Å²) < 4.78 is 5.99. The number of aliphatic hydroxyl groups is 1. The summed E-state index contributed by atoms with van der Waals surface area (Å²) in [7, 11) is 0. The van der Waals surface area contributed by atoms with Crippen molar-refractivity contribution in [2.75, 3.05) is 0 Å². The Bertz CT molecular complexity index is 567. The molecule has 18 heavy (non-hydrogen) atoms. The third-order valence-corrected chi connectivity index (χ3v) is 3.47. The zero-order valence-corrected chi connectivity index (χ0v) is 10.5. The predicted molar refractivity (Wildman–Crippen MR) is 70.8 cm³/mol. The van der Waals surface area contributed by atoms with E-state index in [1.54, 1.807) is 0 Å². The molecule has 2 atom stereocenters. The fourth-order valence-electron chi connectivity index (χ4n) is 2.52. The smallest absolute Gasteiger partial charge is 0.145 e. The number of para-hydroxylation sites is 1. The number of pyridine rings is 1. The molecule has 0 spiro atoms. The van der Waals surface area contributed by atoms with Gasteiger partial charge in [0, 0.05) is 17.5 Å². The Kier molecular flexibility index (Phi) is 2.92. The number of fused-ring (bicyclic) bond motifs is 1. The normalized spacial score (nSPS) is 23.4. The summed E-state index contributed by atoms with van der Waals surface area (Å²) in [6.07, 6.45) is 2.39. The zero-order chi connectivity index (χ0) is 12.5. The molecule has 0 amide bonds. The Morgan fingerprint density at radius 1 is 1.22 bits per heavy atom. The third kappa shape index (κ3) is 2.18. The van der Waals surface area contributed by atoms with Gasteiger partial charge in [0.15, 0.2) is 0 Å². The predicted octanol–water partition coefficient (Wildman–Crippen LogP) is 2.84. The first-order valence-corrected chi connectivity index (χ1v) is 6.43. The lowest BCUT2D eigenvalue weighted by atomic mass is 10.2. The summed E-state index contributed by atoms with van der Waals surface area (Å²) in [6, 6.07) is 10.1. The van der Waals surface area contributed by atoms with Crippen LogP contribution in [0.25, 0.3) is 10.9 Å². The number of hydrogen-bond donors (Lipinski definition) is 1. The standard InChI is InChI=1S/C15H17NO2/c1-10-5-6-11-3-2-4-14(15(11)16-10)18-13-8-7-12(17)9-13/h2-6,12-13,17H,7-9H2,1H3. The molecule has 2 unspecified atom stereocenters. The summed E-state index contributed by atoms with van der Waals surface area (Å²) in [4.78, 5) is 4.55. The fraction of sp³-hybridized carbons (Fsp3) is 0.400. The van der Waals surface area contributed by atoms with Crippen LogP contribution in [0.1, 0.15) is 25.0 Å². The Morgan fingerprint density at radius 2 is 2.11 bits per heavy atom. The number of hydrogen-bond acceptors (Lipinski definition) is 3. The molecule has 3 heteroatoms. The second-order valence-electron chi connectivity index (χ2n) is 4.99. The highest BCUT2D eigenvalue weighted by atomic mass is 16.5. The van der Waals surface area contributed by atoms with Gasteiger partial charge >= 0.3 is 0 Å². The van der Waals surface area contributed by atoms with Crippen LogP contribution >= 0.6 is 0 Å². The van der Waals surface area contributed by atoms with Crippen LogP contribution < -0.4 is 4.74 Å². The van der Waals surface area contributed by atoms with E-state index in [0.717, 1.165) is 41.6 Å². The molecule has 3 nitrogen and oxygen atoms in total. The van der Waals surface area contributed by atoms with E-state index in [0.29, 0.717) is 0 Å². The van der Waals surface area contributed by atoms with E-state index in [2.05, 4.69) is 11.1 Å². The zero-order valence-electron chi connectivity index (χ0n) is 10.5. The van der Waals surface area contributed by atoms with Crippen LogP contribution in [-0.2, 0) is 0 Å². The lowest BCUT2D eigenvalue weighted by Gasteiger charge is -2.14. The number of rotatable bonds is 2. The molecule has 0 radical (unpaired) electrons. The first kappa shape index (κ1) is 11.5. The van der Waals surface area contributed by atoms with Crippen LogP contribution in [0.5, 0.6) is 5.75 Å². The van der Waals surface area contributed by atoms with Gasteiger partial charge in [-0.3, -0.25) is 0 Å². The molecule has 1 aromatic carbocycles. The molecule has 1 fully saturated rings. The molecule has 1 aliphatic carbocycles. The maximum atomic E-state index is 9.54. The van der Waals surface area contributed by atoms with E-state index in [-0.39, 0.29) is 12.2 Å². The lowest BCUT2D eigenvalue weighted by Crippen LogP contribution is -2.13. The minimum atomic E-state index is -0.209. The van der Waals surface area contributed by atoms with Gasteiger partial charge in [-0.2, -0.15) is 0 Å². The van der Waals surface area contributed by atoms with Gasteiger partial charge in [-0.25, -0.2) is 4.98 Å². The second kappa shape index (κ2) is 4.58. The summed E-state index contributed by atoms with van der Waals surface area (Å²) in [5, 5.41) is 10.6. The Morgan fingerprint density at radius 3 is 2.89 bits per heavy atom. The summed E-state index contributed by atoms with van der Waals surface area (Å²) in [5.41, 5.74) is 1.91. The van der Waals surface area contributed by atoms with Crippen molar-refractivity contribution in [3.05, 3.63) is 36.0 Å². The Balaban J connectivity index is 1.93. The topological polar surface area (TPSA) is 42.4 Å². The first-order chi connectivity index (χ1) is 8.72. The monoisotopic (exact) mass is 243 g/mol. The molecule has 3 rings (SSSR count). The maximum Gasteiger partial charge on any atom is 0.145 e. The molecule has 1 heterocycles. The molecule has 0 saturated heterocycles. The minimum Gasteiger partial charge on any atom is -0.488 e. The van der Waals surface area contributed by atoms with Crippen molar-refractivity contribution in [2.24, 2.45) is 0 Å².